The van der Waals surface area contributed by atoms with Gasteiger partial charge in [0.2, 0.25) is 0 Å². The summed E-state index contributed by atoms with van der Waals surface area (Å²) in [7, 11) is 0. The molecule has 3 aromatic rings. The van der Waals surface area contributed by atoms with Crippen molar-refractivity contribution < 1.29 is 26.7 Å². The maximum atomic E-state index is 13.1. The quantitative estimate of drug-likeness (QED) is 0.519. The standard InChI is InChI=1S/C23H23F5N6O/c24-20(25)13-32-6-8-33(9-7-32)18-10-21-30-16(14-4-5-14)11-34(21)12-17(18)31-22(35)15-2-1-3-19(29-15)23(26,27)28/h1-3,10-12,14,20H,4-9,13H2,(H,31,35). The number of alkyl halides is 5. The maximum Gasteiger partial charge on any atom is 0.433 e. The molecular weight excluding hydrogens is 471 g/mol. The van der Waals surface area contributed by atoms with Gasteiger partial charge < -0.3 is 14.6 Å². The lowest BCUT2D eigenvalue weighted by molar-refractivity contribution is -0.141. The second-order valence-electron chi connectivity index (χ2n) is 8.82. The van der Waals surface area contributed by atoms with Crippen LogP contribution in [0.25, 0.3) is 5.65 Å². The predicted molar refractivity (Wildman–Crippen MR) is 119 cm³/mol. The molecule has 0 unspecified atom stereocenters. The first kappa shape index (κ1) is 23.5. The van der Waals surface area contributed by atoms with Gasteiger partial charge >= 0.3 is 6.18 Å². The van der Waals surface area contributed by atoms with Gasteiger partial charge in [0.05, 0.1) is 23.6 Å². The van der Waals surface area contributed by atoms with E-state index in [4.69, 9.17) is 0 Å². The van der Waals surface area contributed by atoms with Gasteiger partial charge in [-0.05, 0) is 25.0 Å². The van der Waals surface area contributed by atoms with Crippen molar-refractivity contribution in [2.75, 3.05) is 42.9 Å². The molecule has 1 amide bonds. The zero-order valence-electron chi connectivity index (χ0n) is 18.6. The summed E-state index contributed by atoms with van der Waals surface area (Å²) in [6.07, 6.45) is -1.40. The highest BCUT2D eigenvalue weighted by Crippen LogP contribution is 2.40. The molecule has 3 aromatic heterocycles. The van der Waals surface area contributed by atoms with Crippen molar-refractivity contribution in [2.24, 2.45) is 0 Å². The molecule has 0 aromatic carbocycles. The van der Waals surface area contributed by atoms with Gasteiger partial charge in [-0.25, -0.2) is 18.7 Å². The van der Waals surface area contributed by atoms with Crippen LogP contribution in [0, 0.1) is 0 Å². The average Bonchev–Trinajstić information content (AvgIpc) is 3.58. The summed E-state index contributed by atoms with van der Waals surface area (Å²) in [5.41, 5.74) is 1.11. The number of aromatic nitrogens is 3. The fourth-order valence-electron chi connectivity index (χ4n) is 4.25. The van der Waals surface area contributed by atoms with Crippen molar-refractivity contribution in [2.45, 2.75) is 31.4 Å². The average molecular weight is 494 g/mol. The summed E-state index contributed by atoms with van der Waals surface area (Å²) in [4.78, 5) is 24.7. The topological polar surface area (TPSA) is 65.8 Å². The van der Waals surface area contributed by atoms with E-state index in [-0.39, 0.29) is 12.2 Å². The molecule has 2 fully saturated rings. The van der Waals surface area contributed by atoms with Crippen LogP contribution in [0.15, 0.2) is 36.7 Å². The summed E-state index contributed by atoms with van der Waals surface area (Å²) in [6.45, 7) is 1.43. The molecule has 0 bridgehead atoms. The predicted octanol–water partition coefficient (Wildman–Crippen LogP) is 4.26. The van der Waals surface area contributed by atoms with Crippen molar-refractivity contribution in [3.8, 4) is 0 Å². The lowest BCUT2D eigenvalue weighted by atomic mass is 10.2. The normalized spacial score (nSPS) is 17.4. The first-order valence-electron chi connectivity index (χ1n) is 11.3. The Hall–Kier alpha value is -3.28. The Morgan fingerprint density at radius 2 is 1.83 bits per heavy atom. The fourth-order valence-corrected chi connectivity index (χ4v) is 4.25. The zero-order chi connectivity index (χ0) is 24.7. The number of hydrogen-bond acceptors (Lipinski definition) is 5. The Balaban J connectivity index is 1.44. The molecular formula is C23H23F5N6O. The number of nitrogens with zero attached hydrogens (tertiary/aromatic N) is 5. The van der Waals surface area contributed by atoms with Gasteiger partial charge in [-0.1, -0.05) is 6.07 Å². The number of piperazine rings is 1. The smallest absolute Gasteiger partial charge is 0.367 e. The molecule has 0 spiro atoms. The molecule has 5 rings (SSSR count). The van der Waals surface area contributed by atoms with Gasteiger partial charge in [0, 0.05) is 50.6 Å². The van der Waals surface area contributed by atoms with E-state index in [0.29, 0.717) is 49.1 Å². The summed E-state index contributed by atoms with van der Waals surface area (Å²) in [5, 5.41) is 2.70. The summed E-state index contributed by atoms with van der Waals surface area (Å²) < 4.78 is 66.5. The number of nitrogens with one attached hydrogen (secondary N) is 1. The monoisotopic (exact) mass is 494 g/mol. The van der Waals surface area contributed by atoms with Gasteiger partial charge in [0.25, 0.3) is 12.3 Å². The molecule has 7 nitrogen and oxygen atoms in total. The van der Waals surface area contributed by atoms with E-state index < -0.39 is 24.2 Å². The molecule has 12 heteroatoms. The fraction of sp³-hybridized carbons (Fsp3) is 0.435. The molecule has 4 heterocycles. The third-order valence-corrected chi connectivity index (χ3v) is 6.21. The summed E-state index contributed by atoms with van der Waals surface area (Å²) in [6, 6.07) is 4.96. The number of hydrogen-bond donors (Lipinski definition) is 1. The lowest BCUT2D eigenvalue weighted by Crippen LogP contribution is -2.48. The largest absolute Gasteiger partial charge is 0.433 e. The van der Waals surface area contributed by atoms with Crippen LogP contribution in [0.2, 0.25) is 0 Å². The Labute approximate surface area is 197 Å². The van der Waals surface area contributed by atoms with Crippen LogP contribution in [0.1, 0.15) is 40.6 Å². The van der Waals surface area contributed by atoms with E-state index in [0.717, 1.165) is 30.7 Å². The molecule has 35 heavy (non-hydrogen) atoms. The minimum atomic E-state index is -4.67. The van der Waals surface area contributed by atoms with Crippen LogP contribution in [-0.2, 0) is 6.18 Å². The SMILES string of the molecule is O=C(Nc1cn2cc(C3CC3)nc2cc1N1CCN(CC(F)F)CC1)c1cccc(C(F)(F)F)n1. The van der Waals surface area contributed by atoms with Gasteiger partial charge in [-0.3, -0.25) is 9.69 Å². The highest BCUT2D eigenvalue weighted by Gasteiger charge is 2.33. The van der Waals surface area contributed by atoms with Crippen LogP contribution in [0.5, 0.6) is 0 Å². The number of amides is 1. The van der Waals surface area contributed by atoms with E-state index in [1.165, 1.54) is 6.07 Å². The second kappa shape index (κ2) is 9.06. The molecule has 0 radical (unpaired) electrons. The van der Waals surface area contributed by atoms with Gasteiger partial charge in [0.15, 0.2) is 0 Å². The van der Waals surface area contributed by atoms with Crippen molar-refractivity contribution in [1.82, 2.24) is 19.3 Å². The van der Waals surface area contributed by atoms with E-state index in [2.05, 4.69) is 15.3 Å². The van der Waals surface area contributed by atoms with Crippen molar-refractivity contribution in [1.29, 1.82) is 0 Å². The molecule has 186 valence electrons. The van der Waals surface area contributed by atoms with Crippen molar-refractivity contribution >= 4 is 22.9 Å². The number of pyridine rings is 2. The molecule has 1 N–H and O–H groups in total. The molecule has 1 aliphatic heterocycles. The Morgan fingerprint density at radius 1 is 1.09 bits per heavy atom. The van der Waals surface area contributed by atoms with Gasteiger partial charge in [-0.15, -0.1) is 0 Å². The van der Waals surface area contributed by atoms with Crippen LogP contribution in [0.4, 0.5) is 33.3 Å². The number of rotatable bonds is 6. The second-order valence-corrected chi connectivity index (χ2v) is 8.82. The molecule has 1 saturated carbocycles. The maximum absolute atomic E-state index is 13.1. The third-order valence-electron chi connectivity index (χ3n) is 6.21. The minimum Gasteiger partial charge on any atom is -0.367 e. The highest BCUT2D eigenvalue weighted by molar-refractivity contribution is 6.04. The molecule has 1 aliphatic carbocycles. The van der Waals surface area contributed by atoms with E-state index in [1.54, 1.807) is 15.5 Å². The number of halogens is 5. The molecule has 2 aliphatic rings. The molecule has 0 atom stereocenters. The first-order chi connectivity index (χ1) is 16.7. The number of anilines is 2. The molecule has 1 saturated heterocycles. The minimum absolute atomic E-state index is 0.303. The lowest BCUT2D eigenvalue weighted by Gasteiger charge is -2.36. The van der Waals surface area contributed by atoms with Crippen LogP contribution in [-0.4, -0.2) is 64.3 Å². The summed E-state index contributed by atoms with van der Waals surface area (Å²) in [5.74, 6) is -0.376. The van der Waals surface area contributed by atoms with E-state index in [1.807, 2.05) is 17.2 Å². The van der Waals surface area contributed by atoms with Crippen LogP contribution >= 0.6 is 0 Å². The Kier molecular flexibility index (Phi) is 6.07. The Morgan fingerprint density at radius 3 is 2.49 bits per heavy atom. The highest BCUT2D eigenvalue weighted by atomic mass is 19.4. The van der Waals surface area contributed by atoms with Crippen molar-refractivity contribution in [3.05, 3.63) is 53.7 Å². The third kappa shape index (κ3) is 5.21. The number of fused-ring (bicyclic) bond motifs is 1. The number of carbonyl (C=O) groups excluding carboxylic acids is 1. The first-order valence-corrected chi connectivity index (χ1v) is 11.3. The number of carbonyl (C=O) groups is 1. The number of imidazole rings is 1. The van der Waals surface area contributed by atoms with Crippen LogP contribution in [0.3, 0.4) is 0 Å². The van der Waals surface area contributed by atoms with Gasteiger partial charge in [0.1, 0.15) is 17.0 Å². The van der Waals surface area contributed by atoms with E-state index in [9.17, 15) is 26.7 Å². The van der Waals surface area contributed by atoms with Gasteiger partial charge in [-0.2, -0.15) is 13.2 Å². The zero-order valence-corrected chi connectivity index (χ0v) is 18.6. The van der Waals surface area contributed by atoms with Crippen LogP contribution < -0.4 is 10.2 Å². The van der Waals surface area contributed by atoms with Crippen molar-refractivity contribution in [3.63, 3.8) is 0 Å². The Bertz CT molecular complexity index is 1230. The summed E-state index contributed by atoms with van der Waals surface area (Å²) >= 11 is 0. The van der Waals surface area contributed by atoms with E-state index >= 15 is 0 Å².